The Labute approximate surface area is 73.8 Å². The predicted octanol–water partition coefficient (Wildman–Crippen LogP) is -0.0247. The number of nitrogens with one attached hydrogen (secondary N) is 1. The number of hydrogen-bond donors (Lipinski definition) is 3. The maximum Gasteiger partial charge on any atom is 0.0607 e. The van der Waals surface area contributed by atoms with E-state index in [0.717, 1.165) is 18.4 Å². The molecule has 0 amide bonds. The minimum Gasteiger partial charge on any atom is -0.395 e. The molecule has 12 heavy (non-hydrogen) atoms. The van der Waals surface area contributed by atoms with E-state index in [-0.39, 0.29) is 19.3 Å². The van der Waals surface area contributed by atoms with Crippen molar-refractivity contribution in [1.29, 1.82) is 0 Å². The Balaban J connectivity index is 2.01. The third-order valence-electron chi connectivity index (χ3n) is 2.61. The molecular weight excluding hydrogens is 154 g/mol. The second-order valence-corrected chi connectivity index (χ2v) is 3.91. The van der Waals surface area contributed by atoms with Gasteiger partial charge in [-0.25, -0.2) is 0 Å². The molecule has 3 heteroatoms. The second kappa shape index (κ2) is 4.80. The minimum atomic E-state index is -0.124. The van der Waals surface area contributed by atoms with E-state index in [2.05, 4.69) is 12.2 Å². The van der Waals surface area contributed by atoms with Gasteiger partial charge in [-0.2, -0.15) is 0 Å². The van der Waals surface area contributed by atoms with Crippen molar-refractivity contribution in [2.75, 3.05) is 19.8 Å². The lowest BCUT2D eigenvalue weighted by Crippen LogP contribution is -2.41. The van der Waals surface area contributed by atoms with Gasteiger partial charge in [0.05, 0.1) is 19.3 Å². The first-order valence-corrected chi connectivity index (χ1v) is 4.71. The first-order chi connectivity index (χ1) is 5.76. The van der Waals surface area contributed by atoms with Crippen molar-refractivity contribution in [3.8, 4) is 0 Å². The third kappa shape index (κ3) is 2.73. The lowest BCUT2D eigenvalue weighted by molar-refractivity contribution is 0.147. The fourth-order valence-corrected chi connectivity index (χ4v) is 1.76. The fraction of sp³-hybridized carbons (Fsp3) is 1.00. The summed E-state index contributed by atoms with van der Waals surface area (Å²) in [5.41, 5.74) is 0. The SMILES string of the molecule is CC1CC(CNC(CO)CO)C1. The topological polar surface area (TPSA) is 52.5 Å². The molecule has 0 saturated heterocycles. The van der Waals surface area contributed by atoms with Crippen LogP contribution in [0.2, 0.25) is 0 Å². The molecule has 0 unspecified atom stereocenters. The molecule has 1 aliphatic carbocycles. The van der Waals surface area contributed by atoms with Crippen LogP contribution in [0.1, 0.15) is 19.8 Å². The van der Waals surface area contributed by atoms with E-state index in [0.29, 0.717) is 0 Å². The van der Waals surface area contributed by atoms with Crippen molar-refractivity contribution in [3.05, 3.63) is 0 Å². The number of aliphatic hydroxyl groups is 2. The molecule has 3 nitrogen and oxygen atoms in total. The molecule has 0 aromatic carbocycles. The average molecular weight is 173 g/mol. The van der Waals surface area contributed by atoms with Gasteiger partial charge in [-0.15, -0.1) is 0 Å². The van der Waals surface area contributed by atoms with E-state index < -0.39 is 0 Å². The van der Waals surface area contributed by atoms with Crippen LogP contribution in [0.5, 0.6) is 0 Å². The highest BCUT2D eigenvalue weighted by Crippen LogP contribution is 2.32. The van der Waals surface area contributed by atoms with Crippen LogP contribution in [0.3, 0.4) is 0 Å². The molecule has 0 bridgehead atoms. The van der Waals surface area contributed by atoms with Crippen LogP contribution in [0.25, 0.3) is 0 Å². The van der Waals surface area contributed by atoms with Gasteiger partial charge < -0.3 is 15.5 Å². The fourth-order valence-electron chi connectivity index (χ4n) is 1.76. The standard InChI is InChI=1S/C9H19NO2/c1-7-2-8(3-7)4-10-9(5-11)6-12/h7-12H,2-6H2,1H3. The Morgan fingerprint density at radius 3 is 2.33 bits per heavy atom. The summed E-state index contributed by atoms with van der Waals surface area (Å²) in [7, 11) is 0. The summed E-state index contributed by atoms with van der Waals surface area (Å²) in [5, 5.41) is 20.7. The van der Waals surface area contributed by atoms with Gasteiger partial charge in [0.15, 0.2) is 0 Å². The van der Waals surface area contributed by atoms with Crippen molar-refractivity contribution < 1.29 is 10.2 Å². The van der Waals surface area contributed by atoms with Crippen LogP contribution in [0.4, 0.5) is 0 Å². The molecule has 1 fully saturated rings. The average Bonchev–Trinajstić information content (AvgIpc) is 2.03. The predicted molar refractivity (Wildman–Crippen MR) is 47.9 cm³/mol. The summed E-state index contributed by atoms with van der Waals surface area (Å²) >= 11 is 0. The summed E-state index contributed by atoms with van der Waals surface area (Å²) < 4.78 is 0. The molecule has 1 saturated carbocycles. The molecule has 1 aliphatic rings. The van der Waals surface area contributed by atoms with Gasteiger partial charge in [0, 0.05) is 0 Å². The van der Waals surface area contributed by atoms with E-state index in [1.165, 1.54) is 12.8 Å². The Hall–Kier alpha value is -0.120. The van der Waals surface area contributed by atoms with Gasteiger partial charge in [0.25, 0.3) is 0 Å². The molecule has 72 valence electrons. The van der Waals surface area contributed by atoms with E-state index in [1.54, 1.807) is 0 Å². The Morgan fingerprint density at radius 1 is 1.33 bits per heavy atom. The molecule has 0 aliphatic heterocycles. The molecule has 0 aromatic heterocycles. The number of aliphatic hydroxyl groups excluding tert-OH is 2. The second-order valence-electron chi connectivity index (χ2n) is 3.91. The van der Waals surface area contributed by atoms with E-state index in [4.69, 9.17) is 10.2 Å². The smallest absolute Gasteiger partial charge is 0.0607 e. The first-order valence-electron chi connectivity index (χ1n) is 4.71. The van der Waals surface area contributed by atoms with Crippen molar-refractivity contribution in [1.82, 2.24) is 5.32 Å². The van der Waals surface area contributed by atoms with E-state index in [9.17, 15) is 0 Å². The van der Waals surface area contributed by atoms with Gasteiger partial charge in [0.1, 0.15) is 0 Å². The molecule has 1 rings (SSSR count). The summed E-state index contributed by atoms with van der Waals surface area (Å²) in [6, 6.07) is -0.124. The van der Waals surface area contributed by atoms with Crippen LogP contribution >= 0.6 is 0 Å². The summed E-state index contributed by atoms with van der Waals surface area (Å²) in [6.45, 7) is 3.25. The molecule has 0 atom stereocenters. The van der Waals surface area contributed by atoms with Gasteiger partial charge in [0.2, 0.25) is 0 Å². The molecular formula is C9H19NO2. The normalized spacial score (nSPS) is 29.0. The maximum atomic E-state index is 8.76. The van der Waals surface area contributed by atoms with Crippen LogP contribution in [-0.2, 0) is 0 Å². The summed E-state index contributed by atoms with van der Waals surface area (Å²) in [5.74, 6) is 1.64. The molecule has 3 N–H and O–H groups in total. The summed E-state index contributed by atoms with van der Waals surface area (Å²) in [6.07, 6.45) is 2.58. The number of hydrogen-bond acceptors (Lipinski definition) is 3. The minimum absolute atomic E-state index is 0.0266. The zero-order chi connectivity index (χ0) is 8.97. The van der Waals surface area contributed by atoms with Crippen molar-refractivity contribution in [3.63, 3.8) is 0 Å². The zero-order valence-corrected chi connectivity index (χ0v) is 7.66. The van der Waals surface area contributed by atoms with Crippen molar-refractivity contribution >= 4 is 0 Å². The lowest BCUT2D eigenvalue weighted by atomic mass is 9.76. The Kier molecular flexibility index (Phi) is 3.98. The highest BCUT2D eigenvalue weighted by atomic mass is 16.3. The molecule has 0 radical (unpaired) electrons. The lowest BCUT2D eigenvalue weighted by Gasteiger charge is -2.33. The van der Waals surface area contributed by atoms with E-state index >= 15 is 0 Å². The Bertz CT molecular complexity index is 120. The maximum absolute atomic E-state index is 8.76. The quantitative estimate of drug-likeness (QED) is 0.547. The van der Waals surface area contributed by atoms with Crippen LogP contribution in [-0.4, -0.2) is 36.0 Å². The van der Waals surface area contributed by atoms with Crippen LogP contribution < -0.4 is 5.32 Å². The first kappa shape index (κ1) is 9.96. The highest BCUT2D eigenvalue weighted by molar-refractivity contribution is 4.79. The van der Waals surface area contributed by atoms with Gasteiger partial charge in [-0.05, 0) is 31.2 Å². The monoisotopic (exact) mass is 173 g/mol. The third-order valence-corrected chi connectivity index (χ3v) is 2.61. The van der Waals surface area contributed by atoms with Crippen molar-refractivity contribution in [2.24, 2.45) is 11.8 Å². The largest absolute Gasteiger partial charge is 0.395 e. The van der Waals surface area contributed by atoms with Crippen LogP contribution in [0.15, 0.2) is 0 Å². The Morgan fingerprint density at radius 2 is 1.92 bits per heavy atom. The van der Waals surface area contributed by atoms with Crippen molar-refractivity contribution in [2.45, 2.75) is 25.8 Å². The van der Waals surface area contributed by atoms with E-state index in [1.807, 2.05) is 0 Å². The summed E-state index contributed by atoms with van der Waals surface area (Å²) in [4.78, 5) is 0. The molecule has 0 aromatic rings. The molecule has 0 heterocycles. The zero-order valence-electron chi connectivity index (χ0n) is 7.66. The van der Waals surface area contributed by atoms with Gasteiger partial charge in [-0.1, -0.05) is 6.92 Å². The van der Waals surface area contributed by atoms with Crippen LogP contribution in [0, 0.1) is 11.8 Å². The van der Waals surface area contributed by atoms with Gasteiger partial charge in [-0.3, -0.25) is 0 Å². The van der Waals surface area contributed by atoms with Gasteiger partial charge >= 0.3 is 0 Å². The number of rotatable bonds is 5. The highest BCUT2D eigenvalue weighted by Gasteiger charge is 2.25. The molecule has 0 spiro atoms.